The van der Waals surface area contributed by atoms with Gasteiger partial charge >= 0.3 is 0 Å². The Bertz CT molecular complexity index is 633. The number of benzene rings is 1. The van der Waals surface area contributed by atoms with Crippen LogP contribution in [0.4, 0.5) is 0 Å². The van der Waals surface area contributed by atoms with Gasteiger partial charge < -0.3 is 15.4 Å². The third kappa shape index (κ3) is 8.84. The lowest BCUT2D eigenvalue weighted by Crippen LogP contribution is -2.38. The summed E-state index contributed by atoms with van der Waals surface area (Å²) in [5, 5.41) is 7.82. The number of ether oxygens (including phenoxy) is 1. The lowest BCUT2D eigenvalue weighted by Gasteiger charge is -2.10. The Morgan fingerprint density at radius 1 is 1.19 bits per heavy atom. The van der Waals surface area contributed by atoms with Gasteiger partial charge in [0.25, 0.3) is 0 Å². The maximum atomic E-state index is 5.68. The van der Waals surface area contributed by atoms with Gasteiger partial charge in [-0.3, -0.25) is 4.99 Å². The van der Waals surface area contributed by atoms with Crippen molar-refractivity contribution < 1.29 is 4.74 Å². The summed E-state index contributed by atoms with van der Waals surface area (Å²) in [6, 6.07) is 9.88. The van der Waals surface area contributed by atoms with Gasteiger partial charge in [0.05, 0.1) is 11.6 Å². The molecule has 2 rings (SSSR count). The molecule has 2 N–H and O–H groups in total. The summed E-state index contributed by atoms with van der Waals surface area (Å²) in [5.74, 6) is 1.76. The van der Waals surface area contributed by atoms with Crippen LogP contribution in [0.3, 0.4) is 0 Å². The second-order valence-corrected chi connectivity index (χ2v) is 6.73. The lowest BCUT2D eigenvalue weighted by atomic mass is 10.3. The van der Waals surface area contributed by atoms with Crippen LogP contribution in [-0.2, 0) is 12.8 Å². The molecule has 1 heterocycles. The molecule has 0 aliphatic rings. The van der Waals surface area contributed by atoms with Crippen molar-refractivity contribution in [2.45, 2.75) is 33.1 Å². The first-order valence-electron chi connectivity index (χ1n) is 8.95. The van der Waals surface area contributed by atoms with Crippen LogP contribution in [0, 0.1) is 0 Å². The van der Waals surface area contributed by atoms with Gasteiger partial charge in [-0.15, -0.1) is 35.3 Å². The third-order valence-corrected chi connectivity index (χ3v) is 4.71. The summed E-state index contributed by atoms with van der Waals surface area (Å²) in [5.41, 5.74) is 0. The maximum absolute atomic E-state index is 5.68. The molecule has 144 valence electrons. The second-order valence-electron chi connectivity index (χ2n) is 5.53. The zero-order valence-electron chi connectivity index (χ0n) is 15.5. The molecule has 0 spiro atoms. The van der Waals surface area contributed by atoms with Crippen molar-refractivity contribution in [3.63, 3.8) is 0 Å². The first-order chi connectivity index (χ1) is 12.3. The number of hydrogen-bond donors (Lipinski definition) is 2. The Balaban J connectivity index is 0.00000338. The number of hydrogen-bond acceptors (Lipinski definition) is 4. The fraction of sp³-hybridized carbons (Fsp3) is 0.474. The molecule has 0 fully saturated rings. The minimum absolute atomic E-state index is 0. The molecule has 0 saturated heterocycles. The molecule has 2 aromatic rings. The summed E-state index contributed by atoms with van der Waals surface area (Å²) in [6.45, 7) is 7.33. The van der Waals surface area contributed by atoms with Gasteiger partial charge in [-0.25, -0.2) is 4.98 Å². The van der Waals surface area contributed by atoms with E-state index in [1.165, 1.54) is 9.88 Å². The van der Waals surface area contributed by atoms with Gasteiger partial charge in [0.15, 0.2) is 5.96 Å². The molecule has 0 saturated carbocycles. The predicted molar refractivity (Wildman–Crippen MR) is 121 cm³/mol. The maximum Gasteiger partial charge on any atom is 0.191 e. The Labute approximate surface area is 177 Å². The minimum atomic E-state index is 0. The average Bonchev–Trinajstić information content (AvgIpc) is 3.10. The van der Waals surface area contributed by atoms with Crippen LogP contribution in [-0.4, -0.2) is 37.2 Å². The molecule has 0 unspecified atom stereocenters. The van der Waals surface area contributed by atoms with Crippen LogP contribution < -0.4 is 15.4 Å². The number of nitrogens with one attached hydrogen (secondary N) is 2. The van der Waals surface area contributed by atoms with Crippen molar-refractivity contribution in [2.75, 3.05) is 26.2 Å². The van der Waals surface area contributed by atoms with E-state index in [0.717, 1.165) is 50.6 Å². The van der Waals surface area contributed by atoms with Crippen molar-refractivity contribution in [1.82, 2.24) is 15.6 Å². The zero-order valence-corrected chi connectivity index (χ0v) is 18.7. The Hall–Kier alpha value is -1.35. The molecule has 0 aliphatic heterocycles. The number of halogens is 1. The average molecular weight is 488 g/mol. The number of aliphatic imine (C=N–C) groups is 1. The highest BCUT2D eigenvalue weighted by Crippen LogP contribution is 2.13. The van der Waals surface area contributed by atoms with E-state index in [2.05, 4.69) is 34.5 Å². The number of guanidine groups is 1. The molecule has 5 nitrogen and oxygen atoms in total. The molecule has 1 aromatic carbocycles. The van der Waals surface area contributed by atoms with Crippen molar-refractivity contribution in [1.29, 1.82) is 0 Å². The van der Waals surface area contributed by atoms with Gasteiger partial charge in [0.2, 0.25) is 0 Å². The first kappa shape index (κ1) is 22.7. The van der Waals surface area contributed by atoms with Gasteiger partial charge in [0, 0.05) is 43.5 Å². The van der Waals surface area contributed by atoms with Crippen molar-refractivity contribution in [2.24, 2.45) is 4.99 Å². The number of rotatable bonds is 10. The molecular formula is C19H29IN4OS. The largest absolute Gasteiger partial charge is 0.494 e. The third-order valence-electron chi connectivity index (χ3n) is 3.51. The van der Waals surface area contributed by atoms with E-state index in [1.54, 1.807) is 11.3 Å². The van der Waals surface area contributed by atoms with Crippen LogP contribution in [0.2, 0.25) is 0 Å². The first-order valence-corrected chi connectivity index (χ1v) is 9.77. The van der Waals surface area contributed by atoms with E-state index in [1.807, 2.05) is 36.5 Å². The van der Waals surface area contributed by atoms with Gasteiger partial charge in [-0.1, -0.05) is 25.1 Å². The van der Waals surface area contributed by atoms with E-state index in [4.69, 9.17) is 4.74 Å². The fourth-order valence-corrected chi connectivity index (χ4v) is 3.08. The van der Waals surface area contributed by atoms with E-state index >= 15 is 0 Å². The molecule has 1 aromatic heterocycles. The van der Waals surface area contributed by atoms with Crippen molar-refractivity contribution in [3.8, 4) is 5.75 Å². The monoisotopic (exact) mass is 488 g/mol. The molecule has 0 atom stereocenters. The zero-order chi connectivity index (χ0) is 17.7. The van der Waals surface area contributed by atoms with E-state index in [0.29, 0.717) is 6.61 Å². The highest BCUT2D eigenvalue weighted by molar-refractivity contribution is 14.0. The number of para-hydroxylation sites is 1. The summed E-state index contributed by atoms with van der Waals surface area (Å²) in [7, 11) is 0. The number of aryl methyl sites for hydroxylation is 1. The molecule has 0 aliphatic carbocycles. The smallest absolute Gasteiger partial charge is 0.191 e. The summed E-state index contributed by atoms with van der Waals surface area (Å²) in [6.07, 6.45) is 4.84. The minimum Gasteiger partial charge on any atom is -0.494 e. The highest BCUT2D eigenvalue weighted by Gasteiger charge is 2.02. The van der Waals surface area contributed by atoms with Crippen LogP contribution >= 0.6 is 35.3 Å². The molecule has 0 bridgehead atoms. The molecular weight excluding hydrogens is 459 g/mol. The summed E-state index contributed by atoms with van der Waals surface area (Å²) >= 11 is 1.79. The van der Waals surface area contributed by atoms with Gasteiger partial charge in [-0.05, 0) is 25.5 Å². The van der Waals surface area contributed by atoms with Gasteiger partial charge in [-0.2, -0.15) is 0 Å². The number of nitrogens with zero attached hydrogens (tertiary/aromatic N) is 2. The Kier molecular flexibility index (Phi) is 12.0. The molecule has 0 radical (unpaired) electrons. The Morgan fingerprint density at radius 2 is 2.00 bits per heavy atom. The lowest BCUT2D eigenvalue weighted by molar-refractivity contribution is 0.313. The van der Waals surface area contributed by atoms with Crippen LogP contribution in [0.25, 0.3) is 0 Å². The number of thiazole rings is 1. The summed E-state index contributed by atoms with van der Waals surface area (Å²) in [4.78, 5) is 10.4. The molecule has 0 amide bonds. The van der Waals surface area contributed by atoms with E-state index in [9.17, 15) is 0 Å². The van der Waals surface area contributed by atoms with Crippen LogP contribution in [0.15, 0.2) is 41.5 Å². The summed E-state index contributed by atoms with van der Waals surface area (Å²) < 4.78 is 5.68. The quantitative estimate of drug-likeness (QED) is 0.231. The fourth-order valence-electron chi connectivity index (χ4n) is 2.22. The van der Waals surface area contributed by atoms with Crippen molar-refractivity contribution >= 4 is 41.3 Å². The SMILES string of the molecule is CCNC(=NCCCOc1ccccc1)NCCc1ncc(CC)s1.I. The normalized spacial score (nSPS) is 10.9. The van der Waals surface area contributed by atoms with E-state index in [-0.39, 0.29) is 24.0 Å². The Morgan fingerprint density at radius 3 is 2.69 bits per heavy atom. The second kappa shape index (κ2) is 13.8. The van der Waals surface area contributed by atoms with E-state index < -0.39 is 0 Å². The number of aromatic nitrogens is 1. The molecule has 7 heteroatoms. The van der Waals surface area contributed by atoms with Gasteiger partial charge in [0.1, 0.15) is 5.75 Å². The highest BCUT2D eigenvalue weighted by atomic mass is 127. The van der Waals surface area contributed by atoms with Crippen LogP contribution in [0.1, 0.15) is 30.2 Å². The van der Waals surface area contributed by atoms with Crippen molar-refractivity contribution in [3.05, 3.63) is 46.4 Å². The predicted octanol–water partition coefficient (Wildman–Crippen LogP) is 3.89. The standard InChI is InChI=1S/C19H28N4OS.HI/c1-3-17-15-23-18(25-17)11-13-22-19(20-4-2)21-12-8-14-24-16-9-6-5-7-10-16;/h5-7,9-10,15H,3-4,8,11-14H2,1-2H3,(H2,20,21,22);1H. The van der Waals surface area contributed by atoms with Crippen LogP contribution in [0.5, 0.6) is 5.75 Å². The topological polar surface area (TPSA) is 58.5 Å². The molecule has 26 heavy (non-hydrogen) atoms.